The van der Waals surface area contributed by atoms with Crippen molar-refractivity contribution in [1.82, 2.24) is 0 Å². The van der Waals surface area contributed by atoms with Gasteiger partial charge in [0.2, 0.25) is 0 Å². The Labute approximate surface area is 211 Å². The van der Waals surface area contributed by atoms with E-state index in [-0.39, 0.29) is 46.5 Å². The summed E-state index contributed by atoms with van der Waals surface area (Å²) >= 11 is 0. The molecule has 0 amide bonds. The summed E-state index contributed by atoms with van der Waals surface area (Å²) in [6, 6.07) is 16.5. The first kappa shape index (κ1) is 31.3. The fourth-order valence-electron chi connectivity index (χ4n) is 3.40. The number of hydrogen-bond acceptors (Lipinski definition) is 1. The molecule has 5 heteroatoms. The van der Waals surface area contributed by atoms with Crippen LogP contribution in [0, 0.1) is 34.6 Å². The summed E-state index contributed by atoms with van der Waals surface area (Å²) in [4.78, 5) is 0. The van der Waals surface area contributed by atoms with E-state index in [1.54, 1.807) is 0 Å². The summed E-state index contributed by atoms with van der Waals surface area (Å²) in [7, 11) is -1.48. The van der Waals surface area contributed by atoms with E-state index >= 15 is 0 Å². The molecule has 0 unspecified atom stereocenters. The third-order valence-electron chi connectivity index (χ3n) is 5.31. The van der Waals surface area contributed by atoms with Gasteiger partial charge in [-0.25, -0.2) is 0 Å². The standard InChI is InChI=1S/C16H20OSi.C9H13.2ClH.Ti/c1-12-10-14(17)16(13-8-6-5-7-9-13)15(11-12)18(2,3)4;1-6-5-7(2)9(4)8(6)3;;;/h5-11,17H,1-4H3;5H,1-4H3;2*1H;/q;-1;;;+3/p-2. The molecule has 0 spiro atoms. The average molecular weight is 496 g/mol. The number of benzene rings is 2. The van der Waals surface area contributed by atoms with Gasteiger partial charge < -0.3 is 29.9 Å². The molecule has 3 aromatic rings. The van der Waals surface area contributed by atoms with Crippen LogP contribution < -0.4 is 30.0 Å². The van der Waals surface area contributed by atoms with Crippen molar-refractivity contribution in [1.29, 1.82) is 0 Å². The van der Waals surface area contributed by atoms with E-state index in [9.17, 15) is 5.11 Å². The first-order chi connectivity index (χ1) is 12.5. The summed E-state index contributed by atoms with van der Waals surface area (Å²) in [5, 5.41) is 11.6. The molecule has 0 saturated heterocycles. The van der Waals surface area contributed by atoms with E-state index in [1.165, 1.54) is 27.4 Å². The molecule has 0 fully saturated rings. The molecule has 0 aliphatic rings. The summed E-state index contributed by atoms with van der Waals surface area (Å²) in [6.45, 7) is 17.7. The van der Waals surface area contributed by atoms with E-state index in [2.05, 4.69) is 71.6 Å². The fraction of sp³-hybridized carbons (Fsp3) is 0.320. The zero-order chi connectivity index (χ0) is 20.4. The first-order valence-electron chi connectivity index (χ1n) is 9.62. The number of aryl methyl sites for hydroxylation is 3. The largest absolute Gasteiger partial charge is 3.00 e. The van der Waals surface area contributed by atoms with Crippen molar-refractivity contribution in [3.05, 3.63) is 76.3 Å². The molecule has 30 heavy (non-hydrogen) atoms. The molecule has 0 atom stereocenters. The van der Waals surface area contributed by atoms with Crippen LogP contribution in [0.1, 0.15) is 27.8 Å². The summed E-state index contributed by atoms with van der Waals surface area (Å²) in [5.41, 5.74) is 8.99. The molecule has 0 saturated carbocycles. The van der Waals surface area contributed by atoms with E-state index < -0.39 is 8.07 Å². The molecule has 3 rings (SSSR count). The van der Waals surface area contributed by atoms with Gasteiger partial charge in [-0.1, -0.05) is 83.7 Å². The second-order valence-corrected chi connectivity index (χ2v) is 13.6. The number of hydrogen-bond donors (Lipinski definition) is 1. The topological polar surface area (TPSA) is 20.2 Å². The molecule has 3 aromatic carbocycles. The first-order valence-corrected chi connectivity index (χ1v) is 13.1. The number of rotatable bonds is 2. The van der Waals surface area contributed by atoms with E-state index in [1.807, 2.05) is 31.2 Å². The molecule has 1 radical (unpaired) electrons. The molecule has 0 aliphatic heterocycles. The van der Waals surface area contributed by atoms with E-state index in [0.717, 1.165) is 16.7 Å². The van der Waals surface area contributed by atoms with Crippen molar-refractivity contribution in [2.45, 2.75) is 54.3 Å². The Balaban J connectivity index is 0. The van der Waals surface area contributed by atoms with Crippen LogP contribution in [0.2, 0.25) is 19.6 Å². The average Bonchev–Trinajstić information content (AvgIpc) is 2.81. The van der Waals surface area contributed by atoms with E-state index in [4.69, 9.17) is 0 Å². The Morgan fingerprint density at radius 1 is 0.867 bits per heavy atom. The van der Waals surface area contributed by atoms with Crippen molar-refractivity contribution in [2.24, 2.45) is 0 Å². The van der Waals surface area contributed by atoms with Gasteiger partial charge in [0.1, 0.15) is 5.75 Å². The fourth-order valence-corrected chi connectivity index (χ4v) is 5.08. The van der Waals surface area contributed by atoms with Gasteiger partial charge in [0.25, 0.3) is 0 Å². The maximum atomic E-state index is 10.3. The summed E-state index contributed by atoms with van der Waals surface area (Å²) in [5.74, 6) is 0.402. The maximum absolute atomic E-state index is 10.3. The quantitative estimate of drug-likeness (QED) is 0.406. The van der Waals surface area contributed by atoms with Gasteiger partial charge >= 0.3 is 21.7 Å². The molecule has 1 nitrogen and oxygen atoms in total. The minimum atomic E-state index is -1.48. The van der Waals surface area contributed by atoms with Crippen LogP contribution in [0.15, 0.2) is 48.5 Å². The maximum Gasteiger partial charge on any atom is 3.00 e. The minimum absolute atomic E-state index is 0. The Hall–Kier alpha value is -0.899. The molecule has 0 bridgehead atoms. The van der Waals surface area contributed by atoms with Crippen molar-refractivity contribution >= 4 is 13.3 Å². The van der Waals surface area contributed by atoms with Gasteiger partial charge in [-0.3, -0.25) is 0 Å². The minimum Gasteiger partial charge on any atom is -1.00 e. The SMILES string of the molecule is Cc1c[c-](C)c(C)c1C.Cc1cc(O)c(-c2ccccc2)c([Si](C)(C)C)c1.[Cl-].[Cl-].[Ti+3]. The number of phenolic OH excluding ortho intramolecular Hbond substituents is 1. The van der Waals surface area contributed by atoms with Crippen LogP contribution in [-0.4, -0.2) is 13.2 Å². The van der Waals surface area contributed by atoms with Crippen molar-refractivity contribution in [2.75, 3.05) is 0 Å². The second kappa shape index (κ2) is 12.8. The molecule has 0 aliphatic carbocycles. The van der Waals surface area contributed by atoms with Gasteiger partial charge in [-0.05, 0) is 29.3 Å². The Kier molecular flexibility index (Phi) is 13.4. The molecule has 0 heterocycles. The van der Waals surface area contributed by atoms with Crippen molar-refractivity contribution < 1.29 is 51.6 Å². The number of phenols is 1. The Morgan fingerprint density at radius 2 is 1.40 bits per heavy atom. The van der Waals surface area contributed by atoms with Crippen LogP contribution >= 0.6 is 0 Å². The predicted molar refractivity (Wildman–Crippen MR) is 122 cm³/mol. The molecule has 0 aromatic heterocycles. The zero-order valence-corrected chi connectivity index (χ0v) is 23.4. The van der Waals surface area contributed by atoms with Crippen LogP contribution in [0.3, 0.4) is 0 Å². The van der Waals surface area contributed by atoms with Gasteiger partial charge in [-0.2, -0.15) is 28.3 Å². The Morgan fingerprint density at radius 3 is 1.77 bits per heavy atom. The van der Waals surface area contributed by atoms with Gasteiger partial charge in [-0.15, -0.1) is 0 Å². The molecular weight excluding hydrogens is 463 g/mol. The molecular formula is C25H33Cl2OSiTi. The van der Waals surface area contributed by atoms with Crippen molar-refractivity contribution in [3.63, 3.8) is 0 Å². The normalized spacial score (nSPS) is 10.0. The monoisotopic (exact) mass is 495 g/mol. The van der Waals surface area contributed by atoms with Crippen LogP contribution in [0.4, 0.5) is 0 Å². The Bertz CT molecular complexity index is 906. The van der Waals surface area contributed by atoms with E-state index in [0.29, 0.717) is 5.75 Å². The second-order valence-electron chi connectivity index (χ2n) is 8.58. The van der Waals surface area contributed by atoms with Gasteiger partial charge in [0, 0.05) is 5.56 Å². The summed E-state index contributed by atoms with van der Waals surface area (Å²) < 4.78 is 0. The number of aromatic hydroxyl groups is 1. The third-order valence-corrected chi connectivity index (χ3v) is 7.32. The van der Waals surface area contributed by atoms with Crippen molar-refractivity contribution in [3.8, 4) is 16.9 Å². The summed E-state index contributed by atoms with van der Waals surface area (Å²) in [6.07, 6.45) is 0. The van der Waals surface area contributed by atoms with Gasteiger partial charge in [0.05, 0.1) is 8.07 Å². The predicted octanol–water partition coefficient (Wildman–Crippen LogP) is 0.558. The van der Waals surface area contributed by atoms with Crippen LogP contribution in [0.5, 0.6) is 5.75 Å². The molecule has 161 valence electrons. The van der Waals surface area contributed by atoms with Crippen LogP contribution in [-0.2, 0) is 21.7 Å². The molecule has 1 N–H and O–H groups in total. The number of halogens is 2. The van der Waals surface area contributed by atoms with Crippen LogP contribution in [0.25, 0.3) is 11.1 Å². The van der Waals surface area contributed by atoms with Gasteiger partial charge in [0.15, 0.2) is 0 Å². The smallest absolute Gasteiger partial charge is 1.00 e. The third kappa shape index (κ3) is 7.66. The zero-order valence-electron chi connectivity index (χ0n) is 19.3.